The third-order valence-electron chi connectivity index (χ3n) is 1.48. The maximum Gasteiger partial charge on any atom is 0.320 e. The highest BCUT2D eigenvalue weighted by molar-refractivity contribution is 8.01. The van der Waals surface area contributed by atoms with Gasteiger partial charge in [-0.2, -0.15) is 4.98 Å². The van der Waals surface area contributed by atoms with Crippen molar-refractivity contribution in [3.63, 3.8) is 0 Å². The summed E-state index contributed by atoms with van der Waals surface area (Å²) in [4.78, 5) is 17.5. The topological polar surface area (TPSA) is 121 Å². The van der Waals surface area contributed by atoms with Gasteiger partial charge in [0.25, 0.3) is 0 Å². The Kier molecular flexibility index (Phi) is 2.92. The number of nitrogen functional groups attached to an aromatic ring is 1. The van der Waals surface area contributed by atoms with Crippen LogP contribution in [-0.4, -0.2) is 25.1 Å². The van der Waals surface area contributed by atoms with Crippen molar-refractivity contribution in [1.82, 2.24) is 20.2 Å². The summed E-state index contributed by atoms with van der Waals surface area (Å²) in [6, 6.07) is 0. The van der Waals surface area contributed by atoms with Crippen molar-refractivity contribution in [3.8, 4) is 0 Å². The summed E-state index contributed by atoms with van der Waals surface area (Å²) >= 11 is 2.30. The Balaban J connectivity index is 2.38. The Bertz CT molecular complexity index is 516. The zero-order valence-electron chi connectivity index (χ0n) is 7.60. The maximum absolute atomic E-state index is 10.7. The third-order valence-corrected chi connectivity index (χ3v) is 3.25. The van der Waals surface area contributed by atoms with E-state index in [1.807, 2.05) is 0 Å². The number of nitrogens with two attached hydrogens (primary N) is 1. The molecule has 16 heavy (non-hydrogen) atoms. The first-order valence-electron chi connectivity index (χ1n) is 3.88. The molecule has 82 valence electrons. The van der Waals surface area contributed by atoms with Crippen molar-refractivity contribution < 1.29 is 4.92 Å². The molecule has 0 spiro atoms. The van der Waals surface area contributed by atoms with Crippen LogP contribution in [-0.2, 0) is 0 Å². The van der Waals surface area contributed by atoms with Gasteiger partial charge in [-0.25, -0.2) is 4.98 Å². The van der Waals surface area contributed by atoms with Gasteiger partial charge >= 0.3 is 5.69 Å². The van der Waals surface area contributed by atoms with E-state index in [-0.39, 0.29) is 16.7 Å². The van der Waals surface area contributed by atoms with Crippen LogP contribution in [0, 0.1) is 10.1 Å². The molecule has 0 aliphatic heterocycles. The predicted octanol–water partition coefficient (Wildman–Crippen LogP) is 0.970. The quantitative estimate of drug-likeness (QED) is 0.489. The zero-order valence-corrected chi connectivity index (χ0v) is 9.23. The zero-order chi connectivity index (χ0) is 11.5. The number of anilines is 1. The molecule has 0 fully saturated rings. The summed E-state index contributed by atoms with van der Waals surface area (Å²) in [6.45, 7) is 0. The number of aromatic nitrogens is 4. The van der Waals surface area contributed by atoms with E-state index in [0.717, 1.165) is 18.0 Å². The Morgan fingerprint density at radius 2 is 2.38 bits per heavy atom. The van der Waals surface area contributed by atoms with Crippen molar-refractivity contribution in [2.24, 2.45) is 0 Å². The normalized spacial score (nSPS) is 10.2. The van der Waals surface area contributed by atoms with Crippen LogP contribution in [0.3, 0.4) is 0 Å². The van der Waals surface area contributed by atoms with Crippen molar-refractivity contribution >= 4 is 34.7 Å². The van der Waals surface area contributed by atoms with Gasteiger partial charge in [-0.05, 0) is 11.8 Å². The highest BCUT2D eigenvalue weighted by Crippen LogP contribution is 2.33. The second-order valence-corrected chi connectivity index (χ2v) is 4.55. The Labute approximate surface area is 97.1 Å². The lowest BCUT2D eigenvalue weighted by atomic mass is 10.5. The van der Waals surface area contributed by atoms with E-state index in [1.54, 1.807) is 0 Å². The Morgan fingerprint density at radius 3 is 3.00 bits per heavy atom. The monoisotopic (exact) mass is 256 g/mol. The summed E-state index contributed by atoms with van der Waals surface area (Å²) in [5.74, 6) is -0.0161. The van der Waals surface area contributed by atoms with Crippen LogP contribution in [0.2, 0.25) is 0 Å². The molecule has 2 heterocycles. The van der Waals surface area contributed by atoms with E-state index in [9.17, 15) is 10.1 Å². The first kappa shape index (κ1) is 10.7. The van der Waals surface area contributed by atoms with Crippen LogP contribution >= 0.6 is 23.1 Å². The molecule has 0 aliphatic carbocycles. The highest BCUT2D eigenvalue weighted by atomic mass is 32.2. The summed E-state index contributed by atoms with van der Waals surface area (Å²) in [5.41, 5.74) is 6.69. The summed E-state index contributed by atoms with van der Waals surface area (Å²) in [6.07, 6.45) is 1.08. The lowest BCUT2D eigenvalue weighted by Crippen LogP contribution is -2.00. The average Bonchev–Trinajstić information content (AvgIpc) is 2.70. The molecule has 0 aliphatic rings. The molecule has 2 aromatic rings. The fraction of sp³-hybridized carbons (Fsp3) is 0. The molecule has 0 aromatic carbocycles. The van der Waals surface area contributed by atoms with Gasteiger partial charge in [0.2, 0.25) is 5.95 Å². The number of rotatable bonds is 3. The van der Waals surface area contributed by atoms with E-state index in [2.05, 4.69) is 20.2 Å². The van der Waals surface area contributed by atoms with Gasteiger partial charge < -0.3 is 5.73 Å². The van der Waals surface area contributed by atoms with E-state index < -0.39 is 4.92 Å². The van der Waals surface area contributed by atoms with Gasteiger partial charge in [0, 0.05) is 0 Å². The third kappa shape index (κ3) is 2.23. The minimum Gasteiger partial charge on any atom is -0.368 e. The van der Waals surface area contributed by atoms with Crippen LogP contribution < -0.4 is 5.73 Å². The number of hydrogen-bond donors (Lipinski definition) is 1. The van der Waals surface area contributed by atoms with Crippen LogP contribution in [0.5, 0.6) is 0 Å². The van der Waals surface area contributed by atoms with Gasteiger partial charge in [-0.3, -0.25) is 10.1 Å². The SMILES string of the molecule is Nc1ncc([N+](=O)[O-])c(Sc2nncs2)n1. The van der Waals surface area contributed by atoms with Crippen LogP contribution in [0.15, 0.2) is 21.1 Å². The first-order valence-corrected chi connectivity index (χ1v) is 5.57. The lowest BCUT2D eigenvalue weighted by Gasteiger charge is -1.98. The maximum atomic E-state index is 10.7. The smallest absolute Gasteiger partial charge is 0.320 e. The van der Waals surface area contributed by atoms with Gasteiger partial charge in [0.05, 0.1) is 4.92 Å². The molecule has 2 N–H and O–H groups in total. The summed E-state index contributed by atoms with van der Waals surface area (Å²) < 4.78 is 0.557. The predicted molar refractivity (Wildman–Crippen MR) is 57.1 cm³/mol. The molecule has 10 heteroatoms. The van der Waals surface area contributed by atoms with Crippen molar-refractivity contribution in [1.29, 1.82) is 0 Å². The van der Waals surface area contributed by atoms with E-state index in [4.69, 9.17) is 5.73 Å². The molecule has 8 nitrogen and oxygen atoms in total. The minimum absolute atomic E-state index is 0.0161. The summed E-state index contributed by atoms with van der Waals surface area (Å²) in [5, 5.41) is 18.2. The van der Waals surface area contributed by atoms with Crippen molar-refractivity contribution in [3.05, 3.63) is 21.8 Å². The average molecular weight is 256 g/mol. The molecule has 0 bridgehead atoms. The highest BCUT2D eigenvalue weighted by Gasteiger charge is 2.18. The lowest BCUT2D eigenvalue weighted by molar-refractivity contribution is -0.388. The van der Waals surface area contributed by atoms with Gasteiger partial charge in [0.1, 0.15) is 11.7 Å². The molecule has 0 atom stereocenters. The molecule has 0 saturated heterocycles. The Morgan fingerprint density at radius 1 is 1.56 bits per heavy atom. The molecule has 0 radical (unpaired) electrons. The van der Waals surface area contributed by atoms with Crippen LogP contribution in [0.4, 0.5) is 11.6 Å². The molecule has 2 aromatic heterocycles. The van der Waals surface area contributed by atoms with Gasteiger partial charge in [0.15, 0.2) is 9.37 Å². The largest absolute Gasteiger partial charge is 0.368 e. The molecule has 0 amide bonds. The second kappa shape index (κ2) is 4.37. The number of hydrogen-bond acceptors (Lipinski definition) is 9. The molecule has 2 rings (SSSR count). The minimum atomic E-state index is -0.567. The van der Waals surface area contributed by atoms with Crippen LogP contribution in [0.1, 0.15) is 0 Å². The van der Waals surface area contributed by atoms with E-state index in [1.165, 1.54) is 16.8 Å². The molecule has 0 unspecified atom stereocenters. The van der Waals surface area contributed by atoms with Crippen LogP contribution in [0.25, 0.3) is 0 Å². The Hall–Kier alpha value is -1.81. The van der Waals surface area contributed by atoms with E-state index >= 15 is 0 Å². The second-order valence-electron chi connectivity index (χ2n) is 2.48. The molecule has 0 saturated carbocycles. The molecular weight excluding hydrogens is 252 g/mol. The number of nitrogens with zero attached hydrogens (tertiary/aromatic N) is 5. The molecular formula is C6H4N6O2S2. The summed E-state index contributed by atoms with van der Waals surface area (Å²) in [7, 11) is 0. The van der Waals surface area contributed by atoms with Crippen molar-refractivity contribution in [2.75, 3.05) is 5.73 Å². The van der Waals surface area contributed by atoms with Gasteiger partial charge in [-0.1, -0.05) is 11.3 Å². The fourth-order valence-electron chi connectivity index (χ4n) is 0.863. The van der Waals surface area contributed by atoms with E-state index in [0.29, 0.717) is 4.34 Å². The first-order chi connectivity index (χ1) is 7.66. The fourth-order valence-corrected chi connectivity index (χ4v) is 2.32. The van der Waals surface area contributed by atoms with Crippen molar-refractivity contribution in [2.45, 2.75) is 9.37 Å². The standard InChI is InChI=1S/C6H4N6O2S2/c7-5-8-1-3(12(13)14)4(10-5)16-6-11-9-2-15-6/h1-2H,(H2,7,8,10). The van der Waals surface area contributed by atoms with Gasteiger partial charge in [-0.15, -0.1) is 10.2 Å². The number of nitro groups is 1.